The molecule has 0 aliphatic heterocycles. The second-order valence-electron chi connectivity index (χ2n) is 6.33. The number of benzene rings is 2. The number of halogens is 1. The van der Waals surface area contributed by atoms with Crippen molar-refractivity contribution >= 4 is 29.6 Å². The van der Waals surface area contributed by atoms with Crippen molar-refractivity contribution in [1.29, 1.82) is 0 Å². The summed E-state index contributed by atoms with van der Waals surface area (Å²) in [6, 6.07) is 10.9. The zero-order chi connectivity index (χ0) is 21.4. The highest BCUT2D eigenvalue weighted by atomic mass is 35.5. The van der Waals surface area contributed by atoms with E-state index in [2.05, 4.69) is 5.32 Å². The second kappa shape index (κ2) is 10.5. The summed E-state index contributed by atoms with van der Waals surface area (Å²) in [4.78, 5) is 24.0. The molecule has 1 amide bonds. The highest BCUT2D eigenvalue weighted by molar-refractivity contribution is 6.32. The Kier molecular flexibility index (Phi) is 8.09. The molecule has 0 bridgehead atoms. The Bertz CT molecular complexity index is 910. The number of rotatable bonds is 8. The molecule has 0 unspecified atom stereocenters. The summed E-state index contributed by atoms with van der Waals surface area (Å²) < 4.78 is 15.4. The molecule has 154 valence electrons. The molecule has 2 aromatic rings. The Labute approximate surface area is 175 Å². The Morgan fingerprint density at radius 3 is 2.55 bits per heavy atom. The maximum Gasteiger partial charge on any atom is 0.331 e. The number of methoxy groups -OCH3 is 2. The van der Waals surface area contributed by atoms with Gasteiger partial charge in [-0.2, -0.15) is 0 Å². The molecule has 0 aliphatic carbocycles. The highest BCUT2D eigenvalue weighted by Crippen LogP contribution is 2.36. The van der Waals surface area contributed by atoms with E-state index in [1.807, 2.05) is 38.1 Å². The van der Waals surface area contributed by atoms with Crippen molar-refractivity contribution in [2.75, 3.05) is 20.8 Å². The van der Waals surface area contributed by atoms with Gasteiger partial charge in [-0.25, -0.2) is 4.79 Å². The molecule has 0 saturated carbocycles. The average Bonchev–Trinajstić information content (AvgIpc) is 2.70. The zero-order valence-electron chi connectivity index (χ0n) is 16.8. The fourth-order valence-electron chi connectivity index (χ4n) is 2.82. The van der Waals surface area contributed by atoms with E-state index in [0.29, 0.717) is 22.1 Å². The van der Waals surface area contributed by atoms with Crippen LogP contribution in [0, 0.1) is 6.92 Å². The van der Waals surface area contributed by atoms with Gasteiger partial charge in [0.25, 0.3) is 5.91 Å². The molecule has 2 rings (SSSR count). The molecule has 1 atom stereocenters. The minimum absolute atomic E-state index is 0.188. The van der Waals surface area contributed by atoms with E-state index in [-0.39, 0.29) is 18.6 Å². The first-order chi connectivity index (χ1) is 13.8. The molecule has 0 fully saturated rings. The fourth-order valence-corrected chi connectivity index (χ4v) is 3.11. The van der Waals surface area contributed by atoms with Crippen molar-refractivity contribution in [3.05, 3.63) is 64.2 Å². The van der Waals surface area contributed by atoms with Crippen LogP contribution in [0.15, 0.2) is 42.5 Å². The van der Waals surface area contributed by atoms with Crippen molar-refractivity contribution in [2.24, 2.45) is 0 Å². The number of ether oxygens (including phenoxy) is 3. The highest BCUT2D eigenvalue weighted by Gasteiger charge is 2.13. The topological polar surface area (TPSA) is 73.9 Å². The van der Waals surface area contributed by atoms with E-state index in [1.165, 1.54) is 26.4 Å². The third kappa shape index (κ3) is 6.26. The molecule has 0 aliphatic rings. The summed E-state index contributed by atoms with van der Waals surface area (Å²) in [5, 5.41) is 3.16. The Balaban J connectivity index is 1.90. The fraction of sp³-hybridized carbons (Fsp3) is 0.273. The number of hydrogen-bond donors (Lipinski definition) is 1. The Morgan fingerprint density at radius 1 is 1.17 bits per heavy atom. The molecule has 0 heterocycles. The van der Waals surface area contributed by atoms with Crippen LogP contribution in [0.5, 0.6) is 11.5 Å². The first-order valence-electron chi connectivity index (χ1n) is 8.97. The van der Waals surface area contributed by atoms with Crippen LogP contribution in [0.25, 0.3) is 6.08 Å². The minimum Gasteiger partial charge on any atom is -0.493 e. The van der Waals surface area contributed by atoms with Gasteiger partial charge in [0.15, 0.2) is 18.1 Å². The molecule has 0 radical (unpaired) electrons. The minimum atomic E-state index is -0.644. The predicted molar refractivity (Wildman–Crippen MR) is 112 cm³/mol. The van der Waals surface area contributed by atoms with Crippen LogP contribution in [0.1, 0.15) is 29.7 Å². The maximum absolute atomic E-state index is 12.1. The number of nitrogens with one attached hydrogen (secondary N) is 1. The zero-order valence-corrected chi connectivity index (χ0v) is 17.6. The molecule has 29 heavy (non-hydrogen) atoms. The van der Waals surface area contributed by atoms with Gasteiger partial charge in [0.2, 0.25) is 0 Å². The number of carbonyl (C=O) groups excluding carboxylic acids is 2. The lowest BCUT2D eigenvalue weighted by Crippen LogP contribution is -2.31. The quantitative estimate of drug-likeness (QED) is 0.517. The molecule has 6 nitrogen and oxygen atoms in total. The second-order valence-corrected chi connectivity index (χ2v) is 6.73. The van der Waals surface area contributed by atoms with Crippen LogP contribution in [-0.4, -0.2) is 32.7 Å². The van der Waals surface area contributed by atoms with Crippen LogP contribution in [0.4, 0.5) is 0 Å². The lowest BCUT2D eigenvalue weighted by molar-refractivity contribution is -0.144. The number of hydrogen-bond acceptors (Lipinski definition) is 5. The third-order valence-corrected chi connectivity index (χ3v) is 4.53. The van der Waals surface area contributed by atoms with E-state index >= 15 is 0 Å². The van der Waals surface area contributed by atoms with Crippen molar-refractivity contribution < 1.29 is 23.8 Å². The van der Waals surface area contributed by atoms with E-state index in [9.17, 15) is 9.59 Å². The van der Waals surface area contributed by atoms with Gasteiger partial charge >= 0.3 is 5.97 Å². The molecule has 0 saturated heterocycles. The van der Waals surface area contributed by atoms with Gasteiger partial charge in [0.05, 0.1) is 25.3 Å². The van der Waals surface area contributed by atoms with Gasteiger partial charge in [-0.15, -0.1) is 0 Å². The number of aryl methyl sites for hydroxylation is 1. The van der Waals surface area contributed by atoms with E-state index < -0.39 is 5.97 Å². The third-order valence-electron chi connectivity index (χ3n) is 4.25. The number of carbonyl (C=O) groups is 2. The van der Waals surface area contributed by atoms with Crippen LogP contribution >= 0.6 is 11.6 Å². The molecular formula is C22H24ClNO5. The van der Waals surface area contributed by atoms with Crippen molar-refractivity contribution in [3.63, 3.8) is 0 Å². The van der Waals surface area contributed by atoms with Gasteiger partial charge in [-0.1, -0.05) is 35.9 Å². The van der Waals surface area contributed by atoms with Crippen molar-refractivity contribution in [3.8, 4) is 11.5 Å². The maximum atomic E-state index is 12.1. The Hall–Kier alpha value is -2.99. The summed E-state index contributed by atoms with van der Waals surface area (Å²) in [5.41, 5.74) is 2.72. The smallest absolute Gasteiger partial charge is 0.331 e. The van der Waals surface area contributed by atoms with Gasteiger partial charge in [-0.3, -0.25) is 4.79 Å². The van der Waals surface area contributed by atoms with E-state index in [4.69, 9.17) is 25.8 Å². The largest absolute Gasteiger partial charge is 0.493 e. The van der Waals surface area contributed by atoms with E-state index in [0.717, 1.165) is 11.1 Å². The number of esters is 1. The van der Waals surface area contributed by atoms with Gasteiger partial charge in [-0.05, 0) is 48.7 Å². The van der Waals surface area contributed by atoms with Crippen LogP contribution in [-0.2, 0) is 14.3 Å². The molecule has 7 heteroatoms. The molecule has 0 aromatic heterocycles. The van der Waals surface area contributed by atoms with Crippen molar-refractivity contribution in [1.82, 2.24) is 5.32 Å². The van der Waals surface area contributed by atoms with Gasteiger partial charge in [0, 0.05) is 6.08 Å². The van der Waals surface area contributed by atoms with Crippen molar-refractivity contribution in [2.45, 2.75) is 19.9 Å². The van der Waals surface area contributed by atoms with Crippen LogP contribution in [0.3, 0.4) is 0 Å². The Morgan fingerprint density at radius 2 is 1.90 bits per heavy atom. The van der Waals surface area contributed by atoms with E-state index in [1.54, 1.807) is 12.1 Å². The summed E-state index contributed by atoms with van der Waals surface area (Å²) in [5.74, 6) is -0.169. The number of amides is 1. The summed E-state index contributed by atoms with van der Waals surface area (Å²) in [7, 11) is 2.98. The molecule has 2 aromatic carbocycles. The molecular weight excluding hydrogens is 394 g/mol. The predicted octanol–water partition coefficient (Wildman–Crippen LogP) is 4.10. The standard InChI is InChI=1S/C22H24ClNO5/c1-14-7-5-6-8-17(14)15(2)24-20(25)13-29-21(26)10-9-16-11-18(23)22(28-4)19(12-16)27-3/h5-12,15H,13H2,1-4H3,(H,24,25)/b10-9+/t15-/m0/s1. The van der Waals surface area contributed by atoms with Crippen LogP contribution < -0.4 is 14.8 Å². The monoisotopic (exact) mass is 417 g/mol. The first kappa shape index (κ1) is 22.3. The lowest BCUT2D eigenvalue weighted by Gasteiger charge is -2.16. The summed E-state index contributed by atoms with van der Waals surface area (Å²) in [6.07, 6.45) is 2.74. The SMILES string of the molecule is COc1cc(/C=C/C(=O)OCC(=O)N[C@@H](C)c2ccccc2C)cc(Cl)c1OC. The van der Waals surface area contributed by atoms with Gasteiger partial charge in [0.1, 0.15) is 0 Å². The van der Waals surface area contributed by atoms with Gasteiger partial charge < -0.3 is 19.5 Å². The average molecular weight is 418 g/mol. The molecule has 0 spiro atoms. The van der Waals surface area contributed by atoms with Crippen LogP contribution in [0.2, 0.25) is 5.02 Å². The summed E-state index contributed by atoms with van der Waals surface area (Å²) in [6.45, 7) is 3.48. The lowest BCUT2D eigenvalue weighted by atomic mass is 10.0. The summed E-state index contributed by atoms with van der Waals surface area (Å²) >= 11 is 6.13. The normalized spacial score (nSPS) is 11.8. The molecule has 1 N–H and O–H groups in total. The first-order valence-corrected chi connectivity index (χ1v) is 9.34.